The average molecular weight is 814 g/mol. The Hall–Kier alpha value is -6.65. The molecule has 1 nitrogen and oxygen atoms in total. The van der Waals surface area contributed by atoms with E-state index in [1.165, 1.54) is 96.7 Å². The van der Waals surface area contributed by atoms with E-state index >= 15 is 0 Å². The van der Waals surface area contributed by atoms with E-state index in [0.29, 0.717) is 0 Å². The smallest absolute Gasteiger partial charge is 0.0736 e. The second kappa shape index (κ2) is 12.9. The molecule has 288 valence electrons. The normalized spacial score (nSPS) is 14.6. The molecule has 61 heavy (non-hydrogen) atoms. The van der Waals surface area contributed by atoms with Gasteiger partial charge in [-0.3, -0.25) is 0 Å². The predicted octanol–water partition coefficient (Wildman–Crippen LogP) is 16.3. The summed E-state index contributed by atoms with van der Waals surface area (Å²) < 4.78 is 2.64. The third kappa shape index (κ3) is 4.85. The molecule has 0 bridgehead atoms. The SMILES string of the molecule is CC1(C)c2ccccc2-c2ccc(N(c3cccc(-c4cccc5sc6ccccc6c45)c3)c3ccc4c(c3)C3(c5ccccc5S4)c4ccccc4-c4ccccc43)cc21. The van der Waals surface area contributed by atoms with Crippen molar-refractivity contribution in [3.05, 3.63) is 234 Å². The van der Waals surface area contributed by atoms with E-state index in [2.05, 4.69) is 219 Å². The zero-order chi connectivity index (χ0) is 40.5. The highest BCUT2D eigenvalue weighted by Gasteiger charge is 2.50. The van der Waals surface area contributed by atoms with Crippen molar-refractivity contribution in [3.8, 4) is 33.4 Å². The van der Waals surface area contributed by atoms with Crippen molar-refractivity contribution in [2.75, 3.05) is 4.90 Å². The van der Waals surface area contributed by atoms with Gasteiger partial charge in [0.25, 0.3) is 0 Å². The lowest BCUT2D eigenvalue weighted by atomic mass is 9.67. The van der Waals surface area contributed by atoms with E-state index in [1.807, 2.05) is 23.1 Å². The van der Waals surface area contributed by atoms with Crippen molar-refractivity contribution >= 4 is 60.3 Å². The van der Waals surface area contributed by atoms with Crippen molar-refractivity contribution in [2.24, 2.45) is 0 Å². The van der Waals surface area contributed by atoms with Crippen LogP contribution in [0.1, 0.15) is 47.2 Å². The van der Waals surface area contributed by atoms with Gasteiger partial charge in [-0.1, -0.05) is 165 Å². The molecule has 3 heteroatoms. The molecule has 3 aliphatic rings. The van der Waals surface area contributed by atoms with Crippen LogP contribution in [-0.2, 0) is 10.8 Å². The molecule has 0 atom stereocenters. The van der Waals surface area contributed by atoms with Crippen LogP contribution in [0, 0.1) is 0 Å². The largest absolute Gasteiger partial charge is 0.310 e. The number of benzene rings is 9. The fourth-order valence-electron chi connectivity index (χ4n) is 11.1. The molecule has 1 spiro atoms. The van der Waals surface area contributed by atoms with Gasteiger partial charge in [0.15, 0.2) is 0 Å². The Morgan fingerprint density at radius 3 is 1.70 bits per heavy atom. The van der Waals surface area contributed by atoms with Gasteiger partial charge in [0.2, 0.25) is 0 Å². The monoisotopic (exact) mass is 813 g/mol. The summed E-state index contributed by atoms with van der Waals surface area (Å²) >= 11 is 3.77. The van der Waals surface area contributed by atoms with Gasteiger partial charge in [-0.25, -0.2) is 0 Å². The van der Waals surface area contributed by atoms with Gasteiger partial charge in [0.1, 0.15) is 0 Å². The molecular weight excluding hydrogens is 775 g/mol. The molecule has 0 saturated heterocycles. The third-order valence-electron chi connectivity index (χ3n) is 13.7. The summed E-state index contributed by atoms with van der Waals surface area (Å²) in [6.45, 7) is 4.76. The first kappa shape index (κ1) is 35.1. The van der Waals surface area contributed by atoms with Crippen molar-refractivity contribution < 1.29 is 0 Å². The standard InChI is InChI=1S/C58H39NS2/c1-57(2)46-22-7-3-17-41(46)44-31-29-38(34-50(44)57)59(37-16-13-15-36(33-37)40-21-14-28-55-56(40)45-20-6-11-26-52(45)60-55)39-30-32-54-51(35-39)58(49-25-10-12-27-53(49)61-54)47-23-8-4-18-42(47)43-19-5-9-24-48(43)58/h3-35H,1-2H3. The third-order valence-corrected chi connectivity index (χ3v) is 16.0. The van der Waals surface area contributed by atoms with E-state index in [4.69, 9.17) is 0 Å². The van der Waals surface area contributed by atoms with E-state index in [-0.39, 0.29) is 5.41 Å². The Balaban J connectivity index is 1.07. The number of fused-ring (bicyclic) bond motifs is 15. The van der Waals surface area contributed by atoms with Crippen LogP contribution in [0.25, 0.3) is 53.6 Å². The second-order valence-electron chi connectivity index (χ2n) is 17.2. The van der Waals surface area contributed by atoms with Gasteiger partial charge < -0.3 is 4.90 Å². The number of nitrogens with zero attached hydrogens (tertiary/aromatic N) is 1. The molecule has 0 saturated carbocycles. The van der Waals surface area contributed by atoms with Crippen molar-refractivity contribution in [2.45, 2.75) is 34.5 Å². The van der Waals surface area contributed by atoms with Crippen molar-refractivity contribution in [3.63, 3.8) is 0 Å². The lowest BCUT2D eigenvalue weighted by molar-refractivity contribution is 0.660. The quantitative estimate of drug-likeness (QED) is 0.174. The number of hydrogen-bond acceptors (Lipinski definition) is 3. The Morgan fingerprint density at radius 1 is 0.377 bits per heavy atom. The number of hydrogen-bond donors (Lipinski definition) is 0. The lowest BCUT2D eigenvalue weighted by Crippen LogP contribution is -2.32. The van der Waals surface area contributed by atoms with Crippen molar-refractivity contribution in [1.29, 1.82) is 0 Å². The fraction of sp³-hybridized carbons (Fsp3) is 0.0690. The Labute approximate surface area is 364 Å². The van der Waals surface area contributed by atoms with Crippen LogP contribution in [0.15, 0.2) is 210 Å². The number of anilines is 3. The zero-order valence-electron chi connectivity index (χ0n) is 33.8. The highest BCUT2D eigenvalue weighted by molar-refractivity contribution is 7.99. The minimum Gasteiger partial charge on any atom is -0.310 e. The lowest BCUT2D eigenvalue weighted by Gasteiger charge is -2.40. The van der Waals surface area contributed by atoms with Gasteiger partial charge in [0.05, 0.1) is 5.41 Å². The maximum absolute atomic E-state index is 2.52. The van der Waals surface area contributed by atoms with Crippen LogP contribution < -0.4 is 4.90 Å². The zero-order valence-corrected chi connectivity index (χ0v) is 35.4. The molecule has 9 aromatic carbocycles. The van der Waals surface area contributed by atoms with E-state index in [9.17, 15) is 0 Å². The summed E-state index contributed by atoms with van der Waals surface area (Å²) in [6.07, 6.45) is 0. The van der Waals surface area contributed by atoms with Gasteiger partial charge in [-0.05, 0) is 127 Å². The second-order valence-corrected chi connectivity index (χ2v) is 19.4. The minimum absolute atomic E-state index is 0.136. The topological polar surface area (TPSA) is 3.24 Å². The van der Waals surface area contributed by atoms with Gasteiger partial charge in [0, 0.05) is 52.4 Å². The molecule has 0 amide bonds. The predicted molar refractivity (Wildman–Crippen MR) is 258 cm³/mol. The first-order chi connectivity index (χ1) is 30.0. The number of thiophene rings is 1. The van der Waals surface area contributed by atoms with Crippen LogP contribution in [0.4, 0.5) is 17.1 Å². The summed E-state index contributed by atoms with van der Waals surface area (Å²) in [4.78, 5) is 5.12. The average Bonchev–Trinajstić information content (AvgIpc) is 3.91. The molecule has 0 fully saturated rings. The number of rotatable bonds is 4. The summed E-state index contributed by atoms with van der Waals surface area (Å²) in [5, 5.41) is 2.64. The molecule has 0 unspecified atom stereocenters. The van der Waals surface area contributed by atoms with Gasteiger partial charge in [-0.15, -0.1) is 11.3 Å². The van der Waals surface area contributed by atoms with Crippen molar-refractivity contribution in [1.82, 2.24) is 0 Å². The van der Waals surface area contributed by atoms with Crippen LogP contribution in [0.2, 0.25) is 0 Å². The molecule has 2 heterocycles. The first-order valence-corrected chi connectivity index (χ1v) is 22.8. The van der Waals surface area contributed by atoms with Gasteiger partial charge in [-0.2, -0.15) is 0 Å². The van der Waals surface area contributed by atoms with Crippen LogP contribution in [0.3, 0.4) is 0 Å². The molecule has 1 aromatic heterocycles. The van der Waals surface area contributed by atoms with E-state index in [0.717, 1.165) is 17.1 Å². The Morgan fingerprint density at radius 2 is 0.918 bits per heavy atom. The molecular formula is C58H39NS2. The van der Waals surface area contributed by atoms with E-state index < -0.39 is 5.41 Å². The molecule has 0 radical (unpaired) electrons. The Bertz CT molecular complexity index is 3410. The highest BCUT2D eigenvalue weighted by Crippen LogP contribution is 2.63. The fourth-order valence-corrected chi connectivity index (χ4v) is 13.4. The van der Waals surface area contributed by atoms with Crippen LogP contribution >= 0.6 is 23.1 Å². The molecule has 2 aliphatic carbocycles. The summed E-state index contributed by atoms with van der Waals surface area (Å²) in [5.74, 6) is 0. The summed E-state index contributed by atoms with van der Waals surface area (Å²) in [5.41, 5.74) is 18.7. The minimum atomic E-state index is -0.467. The molecule has 10 aromatic rings. The molecule has 1 aliphatic heterocycles. The highest BCUT2D eigenvalue weighted by atomic mass is 32.2. The van der Waals surface area contributed by atoms with Gasteiger partial charge >= 0.3 is 0 Å². The first-order valence-electron chi connectivity index (χ1n) is 21.2. The summed E-state index contributed by atoms with van der Waals surface area (Å²) in [7, 11) is 0. The van der Waals surface area contributed by atoms with Crippen LogP contribution in [0.5, 0.6) is 0 Å². The molecule has 0 N–H and O–H groups in total. The van der Waals surface area contributed by atoms with Crippen LogP contribution in [-0.4, -0.2) is 0 Å². The van der Waals surface area contributed by atoms with E-state index in [1.54, 1.807) is 0 Å². The molecule has 13 rings (SSSR count). The summed E-state index contributed by atoms with van der Waals surface area (Å²) in [6, 6.07) is 75.5. The Kier molecular flexibility index (Phi) is 7.45. The maximum atomic E-state index is 2.52. The maximum Gasteiger partial charge on any atom is 0.0736 e.